The van der Waals surface area contributed by atoms with Gasteiger partial charge < -0.3 is 14.8 Å². The van der Waals surface area contributed by atoms with E-state index in [9.17, 15) is 4.39 Å². The van der Waals surface area contributed by atoms with Crippen molar-refractivity contribution in [1.29, 1.82) is 0 Å². The lowest BCUT2D eigenvalue weighted by Gasteiger charge is -2.28. The Kier molecular flexibility index (Phi) is 5.70. The van der Waals surface area contributed by atoms with Crippen molar-refractivity contribution < 1.29 is 4.39 Å². The molecule has 34 heavy (non-hydrogen) atoms. The van der Waals surface area contributed by atoms with E-state index in [1.54, 1.807) is 18.3 Å². The first-order valence-corrected chi connectivity index (χ1v) is 11.8. The Hall–Kier alpha value is -3.51. The third kappa shape index (κ3) is 3.68. The molecule has 6 heteroatoms. The number of anilines is 1. The highest BCUT2D eigenvalue weighted by molar-refractivity contribution is 7.80. The second-order valence-electron chi connectivity index (χ2n) is 8.88. The van der Waals surface area contributed by atoms with E-state index in [-0.39, 0.29) is 17.9 Å². The maximum absolute atomic E-state index is 13.7. The summed E-state index contributed by atoms with van der Waals surface area (Å²) in [5, 5.41) is 4.09. The van der Waals surface area contributed by atoms with Gasteiger partial charge in [-0.15, -0.1) is 0 Å². The zero-order chi connectivity index (χ0) is 24.0. The lowest BCUT2D eigenvalue weighted by molar-refractivity contribution is 0.565. The van der Waals surface area contributed by atoms with E-state index in [0.717, 1.165) is 28.3 Å². The fourth-order valence-electron chi connectivity index (χ4n) is 5.14. The minimum Gasteiger partial charge on any atom is -0.351 e. The minimum absolute atomic E-state index is 0.142. The van der Waals surface area contributed by atoms with E-state index >= 15 is 0 Å². The summed E-state index contributed by atoms with van der Waals surface area (Å²) in [6.07, 6.45) is 1.80. The van der Waals surface area contributed by atoms with Gasteiger partial charge in [0.15, 0.2) is 5.11 Å². The minimum atomic E-state index is -0.271. The van der Waals surface area contributed by atoms with Crippen LogP contribution < -0.4 is 10.2 Å². The lowest BCUT2D eigenvalue weighted by Crippen LogP contribution is -2.29. The number of halogens is 1. The molecule has 1 saturated heterocycles. The summed E-state index contributed by atoms with van der Waals surface area (Å²) in [7, 11) is 0. The van der Waals surface area contributed by atoms with Crippen LogP contribution in [0.1, 0.15) is 45.9 Å². The number of thiocarbonyl (C=S) groups is 1. The quantitative estimate of drug-likeness (QED) is 0.349. The Morgan fingerprint density at radius 3 is 2.26 bits per heavy atom. The van der Waals surface area contributed by atoms with Crippen molar-refractivity contribution in [1.82, 2.24) is 14.9 Å². The molecule has 2 aromatic carbocycles. The van der Waals surface area contributed by atoms with Gasteiger partial charge in [0, 0.05) is 23.3 Å². The van der Waals surface area contributed by atoms with Crippen molar-refractivity contribution in [3.05, 3.63) is 113 Å². The number of rotatable bonds is 4. The molecule has 5 rings (SSSR count). The highest BCUT2D eigenvalue weighted by Gasteiger charge is 2.42. The second-order valence-corrected chi connectivity index (χ2v) is 9.26. The summed E-state index contributed by atoms with van der Waals surface area (Å²) in [5.41, 5.74) is 8.89. The van der Waals surface area contributed by atoms with Crippen LogP contribution in [0.15, 0.2) is 72.9 Å². The van der Waals surface area contributed by atoms with E-state index in [2.05, 4.69) is 71.7 Å². The Balaban J connectivity index is 1.71. The third-order valence-electron chi connectivity index (χ3n) is 6.65. The molecule has 0 bridgehead atoms. The van der Waals surface area contributed by atoms with Crippen molar-refractivity contribution in [2.24, 2.45) is 0 Å². The predicted molar refractivity (Wildman–Crippen MR) is 139 cm³/mol. The highest BCUT2D eigenvalue weighted by atomic mass is 32.1. The Morgan fingerprint density at radius 1 is 0.912 bits per heavy atom. The molecular weight excluding hydrogens is 443 g/mol. The third-order valence-corrected chi connectivity index (χ3v) is 6.97. The number of pyridine rings is 1. The molecule has 3 heterocycles. The largest absolute Gasteiger partial charge is 0.351 e. The van der Waals surface area contributed by atoms with Crippen molar-refractivity contribution in [3.8, 4) is 5.69 Å². The van der Waals surface area contributed by atoms with Crippen LogP contribution in [0.2, 0.25) is 0 Å². The molecular formula is C28H27FN4S. The van der Waals surface area contributed by atoms with Gasteiger partial charge in [0.2, 0.25) is 0 Å². The van der Waals surface area contributed by atoms with Crippen LogP contribution in [-0.4, -0.2) is 14.7 Å². The monoisotopic (exact) mass is 470 g/mol. The molecule has 0 saturated carbocycles. The molecule has 0 aliphatic carbocycles. The first-order chi connectivity index (χ1) is 16.4. The lowest BCUT2D eigenvalue weighted by atomic mass is 9.96. The number of aryl methyl sites for hydroxylation is 3. The summed E-state index contributed by atoms with van der Waals surface area (Å²) >= 11 is 5.81. The van der Waals surface area contributed by atoms with Gasteiger partial charge in [0.1, 0.15) is 5.82 Å². The molecule has 1 fully saturated rings. The average molecular weight is 471 g/mol. The predicted octanol–water partition coefficient (Wildman–Crippen LogP) is 6.42. The van der Waals surface area contributed by atoms with E-state index in [1.165, 1.54) is 28.9 Å². The summed E-state index contributed by atoms with van der Waals surface area (Å²) in [6, 6.07) is 20.8. The summed E-state index contributed by atoms with van der Waals surface area (Å²) in [4.78, 5) is 6.73. The van der Waals surface area contributed by atoms with Crippen LogP contribution in [0.4, 0.5) is 10.1 Å². The normalized spacial score (nSPS) is 17.8. The zero-order valence-electron chi connectivity index (χ0n) is 19.7. The Bertz CT molecular complexity index is 1340. The fourth-order valence-corrected chi connectivity index (χ4v) is 5.49. The number of hydrogen-bond acceptors (Lipinski definition) is 2. The van der Waals surface area contributed by atoms with Crippen LogP contribution in [0.25, 0.3) is 5.69 Å². The molecule has 1 N–H and O–H groups in total. The number of nitrogens with zero attached hydrogens (tertiary/aromatic N) is 3. The number of benzene rings is 2. The van der Waals surface area contributed by atoms with E-state index < -0.39 is 0 Å². The molecule has 172 valence electrons. The zero-order valence-corrected chi connectivity index (χ0v) is 20.5. The van der Waals surface area contributed by atoms with Crippen molar-refractivity contribution in [2.75, 3.05) is 4.90 Å². The van der Waals surface area contributed by atoms with Crippen LogP contribution in [0.3, 0.4) is 0 Å². The summed E-state index contributed by atoms with van der Waals surface area (Å²) in [6.45, 7) is 8.60. The molecule has 0 amide bonds. The summed E-state index contributed by atoms with van der Waals surface area (Å²) in [5.74, 6) is -0.271. The van der Waals surface area contributed by atoms with Gasteiger partial charge in [0.25, 0.3) is 0 Å². The molecule has 0 radical (unpaired) electrons. The molecule has 1 aliphatic rings. The van der Waals surface area contributed by atoms with Crippen LogP contribution in [0.5, 0.6) is 0 Å². The van der Waals surface area contributed by atoms with Crippen molar-refractivity contribution in [2.45, 2.75) is 39.8 Å². The van der Waals surface area contributed by atoms with Crippen LogP contribution in [-0.2, 0) is 0 Å². The number of nitrogens with one attached hydrogen (secondary N) is 1. The molecule has 1 aliphatic heterocycles. The van der Waals surface area contributed by atoms with Gasteiger partial charge in [0.05, 0.1) is 23.5 Å². The number of aromatic nitrogens is 2. The maximum Gasteiger partial charge on any atom is 0.174 e. The van der Waals surface area contributed by atoms with Gasteiger partial charge in [-0.25, -0.2) is 4.39 Å². The molecule has 4 aromatic rings. The first kappa shape index (κ1) is 22.3. The summed E-state index contributed by atoms with van der Waals surface area (Å²) < 4.78 is 16.1. The van der Waals surface area contributed by atoms with Crippen molar-refractivity contribution in [3.63, 3.8) is 0 Å². The van der Waals surface area contributed by atoms with Gasteiger partial charge in [-0.3, -0.25) is 4.98 Å². The van der Waals surface area contributed by atoms with Gasteiger partial charge in [-0.05, 0) is 99.1 Å². The highest BCUT2D eigenvalue weighted by Crippen LogP contribution is 2.44. The fraction of sp³-hybridized carbons (Fsp3) is 0.214. The Labute approximate surface area is 205 Å². The maximum atomic E-state index is 13.7. The van der Waals surface area contributed by atoms with Gasteiger partial charge in [-0.1, -0.05) is 24.3 Å². The molecule has 0 spiro atoms. The van der Waals surface area contributed by atoms with Crippen molar-refractivity contribution >= 4 is 23.0 Å². The molecule has 4 nitrogen and oxygen atoms in total. The first-order valence-electron chi connectivity index (χ1n) is 11.4. The van der Waals surface area contributed by atoms with E-state index in [1.807, 2.05) is 18.2 Å². The number of para-hydroxylation sites is 1. The Morgan fingerprint density at radius 2 is 1.62 bits per heavy atom. The smallest absolute Gasteiger partial charge is 0.174 e. The molecule has 2 atom stereocenters. The number of hydrogen-bond donors (Lipinski definition) is 1. The van der Waals surface area contributed by atoms with Crippen LogP contribution >= 0.6 is 12.2 Å². The standard InChI is InChI=1S/C28H27FN4S/c1-17-8-7-9-18(2)26(17)32-19(3)16-23(20(32)4)27-25(24-10-5-6-15-30-24)31-28(34)33(27)22-13-11-21(29)12-14-22/h5-16,25,27H,1-4H3,(H,31,34)/t25-,27-/m1/s1. The topological polar surface area (TPSA) is 33.1 Å². The molecule has 2 aromatic heterocycles. The van der Waals surface area contributed by atoms with E-state index in [4.69, 9.17) is 12.2 Å². The van der Waals surface area contributed by atoms with Gasteiger partial charge >= 0.3 is 0 Å². The molecule has 0 unspecified atom stereocenters. The van der Waals surface area contributed by atoms with E-state index in [0.29, 0.717) is 5.11 Å². The second kappa shape index (κ2) is 8.69. The van der Waals surface area contributed by atoms with Crippen LogP contribution in [0, 0.1) is 33.5 Å². The SMILES string of the molecule is Cc1cccc(C)c1-n1c(C)cc([C@@H]2[C@@H](c3ccccn3)NC(=S)N2c2ccc(F)cc2)c1C. The average Bonchev–Trinajstić information content (AvgIpc) is 3.31. The van der Waals surface area contributed by atoms with Gasteiger partial charge in [-0.2, -0.15) is 0 Å².